The number of rotatable bonds is 7. The summed E-state index contributed by atoms with van der Waals surface area (Å²) in [5, 5.41) is 3.49. The molecule has 0 aliphatic carbocycles. The van der Waals surface area contributed by atoms with Crippen LogP contribution in [0.2, 0.25) is 5.02 Å². The minimum absolute atomic E-state index is 0.0360. The van der Waals surface area contributed by atoms with E-state index in [0.717, 1.165) is 5.56 Å². The number of carbonyl (C=O) groups is 1. The summed E-state index contributed by atoms with van der Waals surface area (Å²) in [6, 6.07) is 7.31. The quantitative estimate of drug-likeness (QED) is 0.774. The number of hydrogen-bond acceptors (Lipinski definition) is 3. The van der Waals surface area contributed by atoms with Crippen LogP contribution in [0.25, 0.3) is 0 Å². The molecule has 0 aliphatic heterocycles. The van der Waals surface area contributed by atoms with E-state index in [2.05, 4.69) is 5.32 Å². The summed E-state index contributed by atoms with van der Waals surface area (Å²) in [4.78, 5) is 11.6. The molecule has 0 heterocycles. The Morgan fingerprint density at radius 1 is 1.44 bits per heavy atom. The van der Waals surface area contributed by atoms with E-state index in [1.165, 1.54) is 0 Å². The Kier molecular flexibility index (Phi) is 6.72. The molecule has 0 spiro atoms. The van der Waals surface area contributed by atoms with Crippen LogP contribution in [0.5, 0.6) is 0 Å². The molecule has 0 fully saturated rings. The fraction of sp³-hybridized carbons (Fsp3) is 0.462. The first-order chi connectivity index (χ1) is 8.63. The van der Waals surface area contributed by atoms with Gasteiger partial charge in [0, 0.05) is 12.1 Å². The molecule has 1 aromatic rings. The van der Waals surface area contributed by atoms with Crippen molar-refractivity contribution < 1.29 is 14.3 Å². The van der Waals surface area contributed by atoms with Gasteiger partial charge in [-0.25, -0.2) is 0 Å². The maximum absolute atomic E-state index is 11.6. The van der Waals surface area contributed by atoms with Gasteiger partial charge in [-0.05, 0) is 24.6 Å². The van der Waals surface area contributed by atoms with Crippen LogP contribution in [0.4, 0.5) is 0 Å². The number of halogens is 1. The fourth-order valence-corrected chi connectivity index (χ4v) is 1.65. The van der Waals surface area contributed by atoms with Gasteiger partial charge in [0.15, 0.2) is 0 Å². The molecule has 0 bridgehead atoms. The van der Waals surface area contributed by atoms with Gasteiger partial charge in [0.1, 0.15) is 6.61 Å². The van der Waals surface area contributed by atoms with Gasteiger partial charge in [0.2, 0.25) is 5.91 Å². The highest BCUT2D eigenvalue weighted by molar-refractivity contribution is 6.30. The predicted octanol–water partition coefficient (Wildman–Crippen LogP) is 2.18. The Hall–Kier alpha value is -1.10. The molecule has 0 aromatic heterocycles. The van der Waals surface area contributed by atoms with Crippen molar-refractivity contribution in [1.29, 1.82) is 0 Å². The third-order valence-electron chi connectivity index (χ3n) is 2.39. The van der Waals surface area contributed by atoms with Crippen LogP contribution in [0.1, 0.15) is 18.5 Å². The molecule has 0 saturated carbocycles. The lowest BCUT2D eigenvalue weighted by Gasteiger charge is -2.14. The maximum atomic E-state index is 11.6. The number of carbonyl (C=O) groups excluding carboxylic acids is 1. The average molecular weight is 272 g/mol. The van der Waals surface area contributed by atoms with Crippen molar-refractivity contribution in [2.24, 2.45) is 0 Å². The highest BCUT2D eigenvalue weighted by Gasteiger charge is 2.09. The van der Waals surface area contributed by atoms with Crippen molar-refractivity contribution >= 4 is 17.5 Å². The molecule has 100 valence electrons. The number of hydrogen-bond donors (Lipinski definition) is 1. The molecular weight excluding hydrogens is 254 g/mol. The van der Waals surface area contributed by atoms with Crippen LogP contribution in [0.15, 0.2) is 24.3 Å². The van der Waals surface area contributed by atoms with E-state index in [1.54, 1.807) is 13.2 Å². The lowest BCUT2D eigenvalue weighted by molar-refractivity contribution is -0.126. The van der Waals surface area contributed by atoms with Crippen molar-refractivity contribution in [3.8, 4) is 0 Å². The zero-order valence-corrected chi connectivity index (χ0v) is 11.4. The van der Waals surface area contributed by atoms with Crippen LogP contribution < -0.4 is 5.32 Å². The fourth-order valence-electron chi connectivity index (χ4n) is 1.45. The van der Waals surface area contributed by atoms with Gasteiger partial charge in [-0.3, -0.25) is 4.79 Å². The van der Waals surface area contributed by atoms with Crippen LogP contribution in [0, 0.1) is 0 Å². The molecule has 0 radical (unpaired) electrons. The van der Waals surface area contributed by atoms with Crippen LogP contribution >= 0.6 is 11.6 Å². The largest absolute Gasteiger partial charge is 0.382 e. The van der Waals surface area contributed by atoms with E-state index in [9.17, 15) is 4.79 Å². The molecular formula is C13H18ClNO3. The Morgan fingerprint density at radius 3 is 2.89 bits per heavy atom. The molecule has 5 heteroatoms. The van der Waals surface area contributed by atoms with Crippen LogP contribution in [0.3, 0.4) is 0 Å². The smallest absolute Gasteiger partial charge is 0.246 e. The number of methoxy groups -OCH3 is 1. The van der Waals surface area contributed by atoms with E-state index in [0.29, 0.717) is 18.2 Å². The second-order valence-electron chi connectivity index (χ2n) is 3.89. The average Bonchev–Trinajstić information content (AvgIpc) is 2.34. The molecule has 18 heavy (non-hydrogen) atoms. The molecule has 0 aliphatic rings. The van der Waals surface area contributed by atoms with Crippen LogP contribution in [-0.4, -0.2) is 32.8 Å². The summed E-state index contributed by atoms with van der Waals surface area (Å²) < 4.78 is 9.95. The van der Waals surface area contributed by atoms with Crippen molar-refractivity contribution in [3.63, 3.8) is 0 Å². The van der Waals surface area contributed by atoms with Gasteiger partial charge in [-0.2, -0.15) is 0 Å². The third-order valence-corrected chi connectivity index (χ3v) is 2.63. The SMILES string of the molecule is COCCOCC(=O)NC(C)c1cccc(Cl)c1. The molecule has 1 amide bonds. The first-order valence-corrected chi connectivity index (χ1v) is 6.12. The summed E-state index contributed by atoms with van der Waals surface area (Å²) in [6.45, 7) is 2.83. The zero-order valence-electron chi connectivity index (χ0n) is 10.6. The van der Waals surface area contributed by atoms with Gasteiger partial charge < -0.3 is 14.8 Å². The number of ether oxygens (including phenoxy) is 2. The first kappa shape index (κ1) is 15.0. The molecule has 4 nitrogen and oxygen atoms in total. The standard InChI is InChI=1S/C13H18ClNO3/c1-10(11-4-3-5-12(14)8-11)15-13(16)9-18-7-6-17-2/h3-5,8,10H,6-7,9H2,1-2H3,(H,15,16). The number of benzene rings is 1. The van der Waals surface area contributed by atoms with Crippen molar-refractivity contribution in [1.82, 2.24) is 5.32 Å². The van der Waals surface area contributed by atoms with E-state index >= 15 is 0 Å². The van der Waals surface area contributed by atoms with E-state index in [4.69, 9.17) is 21.1 Å². The summed E-state index contributed by atoms with van der Waals surface area (Å²) >= 11 is 5.89. The maximum Gasteiger partial charge on any atom is 0.246 e. The topological polar surface area (TPSA) is 47.6 Å². The summed E-state index contributed by atoms with van der Waals surface area (Å²) in [5.74, 6) is -0.154. The van der Waals surface area contributed by atoms with E-state index < -0.39 is 0 Å². The predicted molar refractivity (Wildman–Crippen MR) is 70.7 cm³/mol. The minimum Gasteiger partial charge on any atom is -0.382 e. The van der Waals surface area contributed by atoms with Crippen molar-refractivity contribution in [2.75, 3.05) is 26.9 Å². The molecule has 1 atom stereocenters. The molecule has 1 N–H and O–H groups in total. The molecule has 1 unspecified atom stereocenters. The van der Waals surface area contributed by atoms with Gasteiger partial charge in [0.05, 0.1) is 19.3 Å². The zero-order chi connectivity index (χ0) is 13.4. The second kappa shape index (κ2) is 8.08. The third kappa shape index (κ3) is 5.49. The van der Waals surface area contributed by atoms with E-state index in [1.807, 2.05) is 25.1 Å². The van der Waals surface area contributed by atoms with Gasteiger partial charge in [0.25, 0.3) is 0 Å². The Morgan fingerprint density at radius 2 is 2.22 bits per heavy atom. The van der Waals surface area contributed by atoms with Crippen LogP contribution in [-0.2, 0) is 14.3 Å². The second-order valence-corrected chi connectivity index (χ2v) is 4.33. The summed E-state index contributed by atoms with van der Waals surface area (Å²) in [7, 11) is 1.59. The highest BCUT2D eigenvalue weighted by Crippen LogP contribution is 2.17. The number of amides is 1. The Balaban J connectivity index is 2.35. The lowest BCUT2D eigenvalue weighted by Crippen LogP contribution is -2.30. The lowest BCUT2D eigenvalue weighted by atomic mass is 10.1. The molecule has 0 saturated heterocycles. The summed E-state index contributed by atoms with van der Waals surface area (Å²) in [6.07, 6.45) is 0. The normalized spacial score (nSPS) is 12.2. The number of nitrogens with one attached hydrogen (secondary N) is 1. The van der Waals surface area contributed by atoms with Gasteiger partial charge >= 0.3 is 0 Å². The first-order valence-electron chi connectivity index (χ1n) is 5.75. The molecule has 1 aromatic carbocycles. The molecule has 1 rings (SSSR count). The Labute approximate surface area is 112 Å². The monoisotopic (exact) mass is 271 g/mol. The van der Waals surface area contributed by atoms with E-state index in [-0.39, 0.29) is 18.6 Å². The Bertz CT molecular complexity index is 384. The summed E-state index contributed by atoms with van der Waals surface area (Å²) in [5.41, 5.74) is 0.966. The van der Waals surface area contributed by atoms with Crippen molar-refractivity contribution in [2.45, 2.75) is 13.0 Å². The van der Waals surface area contributed by atoms with Gasteiger partial charge in [-0.15, -0.1) is 0 Å². The highest BCUT2D eigenvalue weighted by atomic mass is 35.5. The van der Waals surface area contributed by atoms with Crippen molar-refractivity contribution in [3.05, 3.63) is 34.9 Å². The minimum atomic E-state index is -0.154. The van der Waals surface area contributed by atoms with Gasteiger partial charge in [-0.1, -0.05) is 23.7 Å².